The van der Waals surface area contributed by atoms with Crippen LogP contribution in [0.2, 0.25) is 0 Å². The van der Waals surface area contributed by atoms with Gasteiger partial charge in [0.05, 0.1) is 16.8 Å². The molecule has 2 aromatic carbocycles. The molecule has 160 valence electrons. The summed E-state index contributed by atoms with van der Waals surface area (Å²) in [5.41, 5.74) is 3.72. The zero-order valence-electron chi connectivity index (χ0n) is 17.4. The molecule has 5 rings (SSSR count). The van der Waals surface area contributed by atoms with E-state index in [-0.39, 0.29) is 11.7 Å². The Morgan fingerprint density at radius 1 is 1.26 bits per heavy atom. The maximum Gasteiger partial charge on any atom is 0.199 e. The number of hydrogen-bond acceptors (Lipinski definition) is 5. The molecule has 1 atom stereocenters. The van der Waals surface area contributed by atoms with Crippen molar-refractivity contribution in [1.29, 1.82) is 0 Å². The molecule has 1 aromatic heterocycles. The molecular weight excluding hydrogens is 395 g/mol. The number of piperidine rings is 1. The average molecular weight is 420 g/mol. The fourth-order valence-electron chi connectivity index (χ4n) is 4.54. The van der Waals surface area contributed by atoms with Gasteiger partial charge in [0.25, 0.3) is 0 Å². The highest BCUT2D eigenvalue weighted by atomic mass is 19.1. The Bertz CT molecular complexity index is 1180. The number of rotatable bonds is 5. The summed E-state index contributed by atoms with van der Waals surface area (Å²) in [6, 6.07) is 12.6. The van der Waals surface area contributed by atoms with Crippen molar-refractivity contribution >= 4 is 28.0 Å². The summed E-state index contributed by atoms with van der Waals surface area (Å²) in [6.45, 7) is 1.64. The first-order valence-corrected chi connectivity index (χ1v) is 10.7. The number of halogens is 1. The SMILES string of the molecule is CN1CCCCC1CCO/N=C1/C(c2c(O)[nH]c3cc(F)ccc23)=Nc2ccccc21. The zero-order chi connectivity index (χ0) is 21.4. The predicted octanol–water partition coefficient (Wildman–Crippen LogP) is 4.74. The molecule has 1 unspecified atom stereocenters. The van der Waals surface area contributed by atoms with Crippen LogP contribution >= 0.6 is 0 Å². The van der Waals surface area contributed by atoms with Crippen LogP contribution in [0.4, 0.5) is 10.1 Å². The maximum absolute atomic E-state index is 13.7. The second kappa shape index (κ2) is 8.15. The summed E-state index contributed by atoms with van der Waals surface area (Å²) in [4.78, 5) is 15.7. The molecule has 0 spiro atoms. The van der Waals surface area contributed by atoms with Gasteiger partial charge in [0.2, 0.25) is 0 Å². The summed E-state index contributed by atoms with van der Waals surface area (Å²) >= 11 is 0. The Labute approximate surface area is 180 Å². The molecule has 2 aliphatic rings. The van der Waals surface area contributed by atoms with E-state index in [0.717, 1.165) is 24.2 Å². The van der Waals surface area contributed by atoms with Gasteiger partial charge >= 0.3 is 0 Å². The van der Waals surface area contributed by atoms with Gasteiger partial charge < -0.3 is 19.8 Å². The molecule has 0 saturated carbocycles. The number of para-hydroxylation sites is 1. The molecule has 0 aliphatic carbocycles. The minimum atomic E-state index is -0.373. The number of oxime groups is 1. The lowest BCUT2D eigenvalue weighted by Crippen LogP contribution is -2.36. The van der Waals surface area contributed by atoms with Gasteiger partial charge in [-0.05, 0) is 57.1 Å². The first-order chi connectivity index (χ1) is 15.1. The van der Waals surface area contributed by atoms with Crippen LogP contribution in [-0.2, 0) is 4.84 Å². The smallest absolute Gasteiger partial charge is 0.199 e. The van der Waals surface area contributed by atoms with E-state index in [2.05, 4.69) is 22.1 Å². The fraction of sp³-hybridized carbons (Fsp3) is 0.333. The number of hydrogen-bond donors (Lipinski definition) is 2. The summed E-state index contributed by atoms with van der Waals surface area (Å²) in [5, 5.41) is 15.7. The first-order valence-electron chi connectivity index (χ1n) is 10.7. The van der Waals surface area contributed by atoms with Crippen molar-refractivity contribution < 1.29 is 14.3 Å². The predicted molar refractivity (Wildman–Crippen MR) is 120 cm³/mol. The quantitative estimate of drug-likeness (QED) is 0.462. The van der Waals surface area contributed by atoms with Crippen LogP contribution in [0.25, 0.3) is 10.9 Å². The molecule has 7 heteroatoms. The minimum Gasteiger partial charge on any atom is -0.494 e. The topological polar surface area (TPSA) is 73.2 Å². The lowest BCUT2D eigenvalue weighted by Gasteiger charge is -2.32. The molecule has 1 saturated heterocycles. The Kier molecular flexibility index (Phi) is 5.19. The minimum absolute atomic E-state index is 0.0660. The van der Waals surface area contributed by atoms with Crippen molar-refractivity contribution in [1.82, 2.24) is 9.88 Å². The van der Waals surface area contributed by atoms with Gasteiger partial charge in [-0.25, -0.2) is 9.38 Å². The van der Waals surface area contributed by atoms with Crippen molar-refractivity contribution in [3.63, 3.8) is 0 Å². The van der Waals surface area contributed by atoms with Gasteiger partial charge in [-0.2, -0.15) is 0 Å². The number of aromatic nitrogens is 1. The van der Waals surface area contributed by atoms with Crippen LogP contribution in [0, 0.1) is 5.82 Å². The van der Waals surface area contributed by atoms with Gasteiger partial charge in [0.15, 0.2) is 5.88 Å². The van der Waals surface area contributed by atoms with Crippen molar-refractivity contribution in [2.24, 2.45) is 10.1 Å². The van der Waals surface area contributed by atoms with Crippen molar-refractivity contribution in [3.05, 3.63) is 59.4 Å². The lowest BCUT2D eigenvalue weighted by molar-refractivity contribution is 0.0975. The zero-order valence-corrected chi connectivity index (χ0v) is 17.4. The van der Waals surface area contributed by atoms with E-state index < -0.39 is 0 Å². The monoisotopic (exact) mass is 420 g/mol. The largest absolute Gasteiger partial charge is 0.494 e. The summed E-state index contributed by atoms with van der Waals surface area (Å²) in [5.74, 6) is -0.439. The maximum atomic E-state index is 13.7. The summed E-state index contributed by atoms with van der Waals surface area (Å²) < 4.78 is 13.7. The molecule has 0 bridgehead atoms. The molecule has 2 aliphatic heterocycles. The van der Waals surface area contributed by atoms with E-state index in [1.165, 1.54) is 31.4 Å². The standard InChI is InChI=1S/C24H25FN4O2/c1-29-12-5-4-6-16(29)11-13-31-28-22-18-7-2-3-8-19(18)26-23(22)21-17-10-9-15(25)14-20(17)27-24(21)30/h2-3,7-10,14,16,27,30H,4-6,11-13H2,1H3/b28-22+. The van der Waals surface area contributed by atoms with Crippen LogP contribution in [-0.4, -0.2) is 52.7 Å². The first kappa shape index (κ1) is 19.8. The number of nitrogens with one attached hydrogen (secondary N) is 1. The Balaban J connectivity index is 1.44. The van der Waals surface area contributed by atoms with Crippen LogP contribution in [0.5, 0.6) is 5.88 Å². The van der Waals surface area contributed by atoms with E-state index in [1.54, 1.807) is 6.07 Å². The molecular formula is C24H25FN4O2. The molecule has 0 amide bonds. The number of nitrogens with zero attached hydrogens (tertiary/aromatic N) is 3. The van der Waals surface area contributed by atoms with Gasteiger partial charge in [-0.15, -0.1) is 0 Å². The Hall–Kier alpha value is -3.19. The molecule has 3 heterocycles. The number of H-pyrrole nitrogens is 1. The lowest BCUT2D eigenvalue weighted by atomic mass is 10.0. The van der Waals surface area contributed by atoms with Crippen molar-refractivity contribution in [2.45, 2.75) is 31.7 Å². The van der Waals surface area contributed by atoms with Gasteiger partial charge in [0.1, 0.15) is 23.8 Å². The Morgan fingerprint density at radius 3 is 3.00 bits per heavy atom. The van der Waals surface area contributed by atoms with Crippen LogP contribution < -0.4 is 0 Å². The van der Waals surface area contributed by atoms with E-state index in [0.29, 0.717) is 40.5 Å². The number of aromatic hydroxyl groups is 1. The van der Waals surface area contributed by atoms with Gasteiger partial charge in [-0.3, -0.25) is 0 Å². The summed E-state index contributed by atoms with van der Waals surface area (Å²) in [7, 11) is 2.16. The number of benzene rings is 2. The Morgan fingerprint density at radius 2 is 2.13 bits per heavy atom. The number of likely N-dealkylation sites (tertiary alicyclic amines) is 1. The fourth-order valence-corrected chi connectivity index (χ4v) is 4.54. The van der Waals surface area contributed by atoms with Gasteiger partial charge in [0, 0.05) is 17.0 Å². The summed E-state index contributed by atoms with van der Waals surface area (Å²) in [6.07, 6.45) is 4.61. The van der Waals surface area contributed by atoms with E-state index in [4.69, 9.17) is 9.83 Å². The number of aromatic amines is 1. The normalized spacial score (nSPS) is 20.3. The van der Waals surface area contributed by atoms with Crippen molar-refractivity contribution in [3.8, 4) is 5.88 Å². The van der Waals surface area contributed by atoms with E-state index in [1.807, 2.05) is 24.3 Å². The molecule has 31 heavy (non-hydrogen) atoms. The highest BCUT2D eigenvalue weighted by Crippen LogP contribution is 2.35. The van der Waals surface area contributed by atoms with Crippen molar-refractivity contribution in [2.75, 3.05) is 20.2 Å². The van der Waals surface area contributed by atoms with Crippen LogP contribution in [0.1, 0.15) is 36.8 Å². The number of aliphatic imine (C=N–C) groups is 1. The molecule has 6 nitrogen and oxygen atoms in total. The van der Waals surface area contributed by atoms with E-state index >= 15 is 0 Å². The third-order valence-corrected chi connectivity index (χ3v) is 6.21. The highest BCUT2D eigenvalue weighted by Gasteiger charge is 2.29. The molecule has 2 N–H and O–H groups in total. The molecule has 3 aromatic rings. The third kappa shape index (κ3) is 3.70. The highest BCUT2D eigenvalue weighted by molar-refractivity contribution is 6.58. The number of fused-ring (bicyclic) bond motifs is 2. The van der Waals surface area contributed by atoms with E-state index in [9.17, 15) is 9.50 Å². The average Bonchev–Trinajstić information content (AvgIpc) is 3.28. The third-order valence-electron chi connectivity index (χ3n) is 6.21. The molecule has 0 radical (unpaired) electrons. The molecule has 1 fully saturated rings. The second-order valence-corrected chi connectivity index (χ2v) is 8.21. The van der Waals surface area contributed by atoms with Gasteiger partial charge in [-0.1, -0.05) is 29.8 Å². The second-order valence-electron chi connectivity index (χ2n) is 8.21. The van der Waals surface area contributed by atoms with Crippen LogP contribution in [0.15, 0.2) is 52.6 Å². The van der Waals surface area contributed by atoms with Crippen LogP contribution in [0.3, 0.4) is 0 Å².